The van der Waals surface area contributed by atoms with Gasteiger partial charge in [0.25, 0.3) is 11.6 Å². The largest absolute Gasteiger partial charge is 0.489 e. The van der Waals surface area contributed by atoms with Crippen molar-refractivity contribution < 1.29 is 24.0 Å². The number of ether oxygens (including phenoxy) is 2. The minimum atomic E-state index is -1.13. The molecule has 1 amide bonds. The maximum absolute atomic E-state index is 12.5. The molecule has 0 spiro atoms. The SMILES string of the molecule is CC(OC(=O)c1cccc2c1OCCN2)C(=O)Nc1ccc([N+](=O)[O-])cc1Cl. The first kappa shape index (κ1) is 19.4. The van der Waals surface area contributed by atoms with Gasteiger partial charge in [0, 0.05) is 18.7 Å². The fraction of sp³-hybridized carbons (Fsp3) is 0.222. The Morgan fingerprint density at radius 3 is 2.86 bits per heavy atom. The zero-order valence-electron chi connectivity index (χ0n) is 14.7. The zero-order chi connectivity index (χ0) is 20.3. The van der Waals surface area contributed by atoms with E-state index < -0.39 is 22.9 Å². The van der Waals surface area contributed by atoms with E-state index in [9.17, 15) is 19.7 Å². The number of nitro benzene ring substituents is 1. The Balaban J connectivity index is 1.68. The van der Waals surface area contributed by atoms with Crippen molar-refractivity contribution in [1.29, 1.82) is 0 Å². The fourth-order valence-electron chi connectivity index (χ4n) is 2.56. The molecule has 9 nitrogen and oxygen atoms in total. The molecule has 1 unspecified atom stereocenters. The van der Waals surface area contributed by atoms with E-state index in [4.69, 9.17) is 21.1 Å². The van der Waals surface area contributed by atoms with Crippen LogP contribution < -0.4 is 15.4 Å². The third kappa shape index (κ3) is 4.15. The summed E-state index contributed by atoms with van der Waals surface area (Å²) in [5.74, 6) is -0.962. The lowest BCUT2D eigenvalue weighted by Gasteiger charge is -2.21. The number of non-ortho nitro benzene ring substituents is 1. The Morgan fingerprint density at radius 1 is 1.36 bits per heavy atom. The van der Waals surface area contributed by atoms with Crippen LogP contribution >= 0.6 is 11.6 Å². The van der Waals surface area contributed by atoms with Gasteiger partial charge in [-0.15, -0.1) is 0 Å². The van der Waals surface area contributed by atoms with E-state index >= 15 is 0 Å². The quantitative estimate of drug-likeness (QED) is 0.445. The lowest BCUT2D eigenvalue weighted by Crippen LogP contribution is -2.30. The summed E-state index contributed by atoms with van der Waals surface area (Å²) in [6.45, 7) is 2.44. The van der Waals surface area contributed by atoms with Crippen molar-refractivity contribution >= 4 is 40.5 Å². The number of benzene rings is 2. The predicted octanol–water partition coefficient (Wildman–Crippen LogP) is 3.24. The molecule has 0 saturated heterocycles. The molecule has 0 aromatic heterocycles. The smallest absolute Gasteiger partial charge is 0.342 e. The number of esters is 1. The second-order valence-corrected chi connectivity index (χ2v) is 6.32. The normalized spacial score (nSPS) is 13.4. The summed E-state index contributed by atoms with van der Waals surface area (Å²) in [5.41, 5.74) is 0.850. The van der Waals surface area contributed by atoms with Crippen LogP contribution in [0.5, 0.6) is 5.75 Å². The van der Waals surface area contributed by atoms with Gasteiger partial charge in [-0.25, -0.2) is 4.79 Å². The van der Waals surface area contributed by atoms with Crippen molar-refractivity contribution in [3.63, 3.8) is 0 Å². The highest BCUT2D eigenvalue weighted by Crippen LogP contribution is 2.32. The molecular formula is C18H16ClN3O6. The van der Waals surface area contributed by atoms with Crippen LogP contribution in [0.1, 0.15) is 17.3 Å². The number of nitro groups is 1. The van der Waals surface area contributed by atoms with E-state index in [1.807, 2.05) is 0 Å². The van der Waals surface area contributed by atoms with Crippen molar-refractivity contribution in [2.24, 2.45) is 0 Å². The predicted molar refractivity (Wildman–Crippen MR) is 102 cm³/mol. The number of anilines is 2. The monoisotopic (exact) mass is 405 g/mol. The lowest BCUT2D eigenvalue weighted by molar-refractivity contribution is -0.384. The Bertz CT molecular complexity index is 949. The van der Waals surface area contributed by atoms with E-state index in [1.165, 1.54) is 19.1 Å². The van der Waals surface area contributed by atoms with Gasteiger partial charge in [-0.2, -0.15) is 0 Å². The molecule has 1 heterocycles. The van der Waals surface area contributed by atoms with Crippen molar-refractivity contribution in [2.45, 2.75) is 13.0 Å². The summed E-state index contributed by atoms with van der Waals surface area (Å²) < 4.78 is 10.8. The summed E-state index contributed by atoms with van der Waals surface area (Å²) in [6, 6.07) is 8.63. The minimum Gasteiger partial charge on any atom is -0.489 e. The Labute approximate surface area is 164 Å². The summed E-state index contributed by atoms with van der Waals surface area (Å²) in [6.07, 6.45) is -1.13. The number of nitrogens with one attached hydrogen (secondary N) is 2. The maximum atomic E-state index is 12.5. The topological polar surface area (TPSA) is 120 Å². The number of carbonyl (C=O) groups is 2. The number of carbonyl (C=O) groups excluding carboxylic acids is 2. The molecule has 2 N–H and O–H groups in total. The van der Waals surface area contributed by atoms with Gasteiger partial charge in [-0.3, -0.25) is 14.9 Å². The molecule has 146 valence electrons. The van der Waals surface area contributed by atoms with Crippen LogP contribution in [0.15, 0.2) is 36.4 Å². The minimum absolute atomic E-state index is 0.00215. The maximum Gasteiger partial charge on any atom is 0.342 e. The van der Waals surface area contributed by atoms with Gasteiger partial charge in [0.05, 0.1) is 21.3 Å². The molecule has 2 aromatic rings. The van der Waals surface area contributed by atoms with Crippen LogP contribution in [-0.4, -0.2) is 36.1 Å². The van der Waals surface area contributed by atoms with Gasteiger partial charge in [-0.05, 0) is 25.1 Å². The van der Waals surface area contributed by atoms with Crippen molar-refractivity contribution in [2.75, 3.05) is 23.8 Å². The number of nitrogens with zero attached hydrogens (tertiary/aromatic N) is 1. The van der Waals surface area contributed by atoms with Crippen LogP contribution in [0, 0.1) is 10.1 Å². The number of para-hydroxylation sites is 1. The van der Waals surface area contributed by atoms with Gasteiger partial charge in [0.2, 0.25) is 0 Å². The summed E-state index contributed by atoms with van der Waals surface area (Å²) in [7, 11) is 0. The number of rotatable bonds is 5. The summed E-state index contributed by atoms with van der Waals surface area (Å²) >= 11 is 5.95. The third-order valence-corrected chi connectivity index (χ3v) is 4.29. The van der Waals surface area contributed by atoms with E-state index in [0.717, 1.165) is 6.07 Å². The molecule has 10 heteroatoms. The summed E-state index contributed by atoms with van der Waals surface area (Å²) in [5, 5.41) is 16.3. The Morgan fingerprint density at radius 2 is 2.14 bits per heavy atom. The van der Waals surface area contributed by atoms with Crippen molar-refractivity contribution in [3.8, 4) is 5.75 Å². The third-order valence-electron chi connectivity index (χ3n) is 3.97. The Kier molecular flexibility index (Phi) is 5.65. The van der Waals surface area contributed by atoms with Gasteiger partial charge >= 0.3 is 5.97 Å². The Hall–Kier alpha value is -3.33. The molecule has 0 fully saturated rings. The molecule has 1 aliphatic rings. The van der Waals surface area contributed by atoms with Gasteiger partial charge < -0.3 is 20.1 Å². The molecule has 0 aliphatic carbocycles. The van der Waals surface area contributed by atoms with Crippen LogP contribution in [0.2, 0.25) is 5.02 Å². The standard InChI is InChI=1S/C18H16ClN3O6/c1-10(17(23)21-14-6-5-11(22(25)26)9-13(14)19)28-18(24)12-3-2-4-15-16(12)27-8-7-20-15/h2-6,9-10,20H,7-8H2,1H3,(H,21,23). The van der Waals surface area contributed by atoms with E-state index in [-0.39, 0.29) is 22.0 Å². The first-order valence-corrected chi connectivity index (χ1v) is 8.70. The molecular weight excluding hydrogens is 390 g/mol. The lowest BCUT2D eigenvalue weighted by atomic mass is 10.1. The van der Waals surface area contributed by atoms with Gasteiger partial charge in [0.15, 0.2) is 11.9 Å². The average molecular weight is 406 g/mol. The molecule has 2 aromatic carbocycles. The second-order valence-electron chi connectivity index (χ2n) is 5.92. The van der Waals surface area contributed by atoms with Crippen LogP contribution in [0.25, 0.3) is 0 Å². The van der Waals surface area contributed by atoms with E-state index in [0.29, 0.717) is 24.6 Å². The second kappa shape index (κ2) is 8.13. The van der Waals surface area contributed by atoms with Gasteiger partial charge in [-0.1, -0.05) is 17.7 Å². The number of amides is 1. The number of halogens is 1. The highest BCUT2D eigenvalue weighted by atomic mass is 35.5. The molecule has 0 radical (unpaired) electrons. The van der Waals surface area contributed by atoms with Crippen molar-refractivity contribution in [3.05, 3.63) is 57.1 Å². The highest BCUT2D eigenvalue weighted by molar-refractivity contribution is 6.34. The van der Waals surface area contributed by atoms with E-state index in [2.05, 4.69) is 10.6 Å². The molecule has 0 saturated carbocycles. The fourth-order valence-corrected chi connectivity index (χ4v) is 2.78. The number of fused-ring (bicyclic) bond motifs is 1. The zero-order valence-corrected chi connectivity index (χ0v) is 15.5. The first-order valence-electron chi connectivity index (χ1n) is 8.32. The van der Waals surface area contributed by atoms with Gasteiger partial charge in [0.1, 0.15) is 12.2 Å². The summed E-state index contributed by atoms with van der Waals surface area (Å²) in [4.78, 5) is 34.9. The van der Waals surface area contributed by atoms with Crippen molar-refractivity contribution in [1.82, 2.24) is 0 Å². The average Bonchev–Trinajstić information content (AvgIpc) is 2.68. The van der Waals surface area contributed by atoms with Crippen LogP contribution in [-0.2, 0) is 9.53 Å². The van der Waals surface area contributed by atoms with E-state index in [1.54, 1.807) is 18.2 Å². The van der Waals surface area contributed by atoms with Crippen LogP contribution in [0.4, 0.5) is 17.1 Å². The first-order chi connectivity index (χ1) is 13.4. The molecule has 0 bridgehead atoms. The molecule has 3 rings (SSSR count). The number of hydrogen-bond acceptors (Lipinski definition) is 7. The molecule has 1 atom stereocenters. The molecule has 28 heavy (non-hydrogen) atoms. The van der Waals surface area contributed by atoms with Crippen LogP contribution in [0.3, 0.4) is 0 Å². The molecule has 1 aliphatic heterocycles. The number of hydrogen-bond donors (Lipinski definition) is 2. The highest BCUT2D eigenvalue weighted by Gasteiger charge is 2.25.